The largest absolute Gasteiger partial charge is 0.493 e. The average molecular weight is 454 g/mol. The summed E-state index contributed by atoms with van der Waals surface area (Å²) in [5, 5.41) is 3.79. The van der Waals surface area contributed by atoms with Crippen LogP contribution in [0.15, 0.2) is 36.4 Å². The van der Waals surface area contributed by atoms with Crippen molar-refractivity contribution < 1.29 is 14.3 Å². The van der Waals surface area contributed by atoms with Crippen LogP contribution in [0.25, 0.3) is 10.2 Å². The number of fused-ring (bicyclic) bond motifs is 1. The van der Waals surface area contributed by atoms with Crippen molar-refractivity contribution in [3.05, 3.63) is 50.5 Å². The molecule has 0 bridgehead atoms. The zero-order chi connectivity index (χ0) is 17.1. The third-order valence-electron chi connectivity index (χ3n) is 3.46. The molecule has 124 valence electrons. The van der Waals surface area contributed by atoms with Crippen molar-refractivity contribution in [1.82, 2.24) is 10.3 Å². The van der Waals surface area contributed by atoms with Crippen LogP contribution >= 0.6 is 33.9 Å². The number of rotatable bonds is 5. The molecular weight excluding hydrogens is 439 g/mol. The van der Waals surface area contributed by atoms with Crippen LogP contribution in [0.2, 0.25) is 0 Å². The molecule has 1 amide bonds. The Morgan fingerprint density at radius 1 is 1.21 bits per heavy atom. The molecule has 0 unspecified atom stereocenters. The van der Waals surface area contributed by atoms with Gasteiger partial charge in [-0.15, -0.1) is 11.3 Å². The normalized spacial score (nSPS) is 10.6. The first-order chi connectivity index (χ1) is 11.6. The monoisotopic (exact) mass is 454 g/mol. The standard InChI is InChI=1S/C17H15IN2O3S/c1-22-13-7-10(11(18)8-14(13)23-2)17(21)19-9-16-20-12-5-3-4-6-15(12)24-16/h3-8H,9H2,1-2H3,(H,19,21). The van der Waals surface area contributed by atoms with Gasteiger partial charge in [-0.1, -0.05) is 12.1 Å². The number of para-hydroxylation sites is 1. The quantitative estimate of drug-likeness (QED) is 0.596. The smallest absolute Gasteiger partial charge is 0.252 e. The Labute approximate surface area is 157 Å². The van der Waals surface area contributed by atoms with Crippen LogP contribution in [0.3, 0.4) is 0 Å². The van der Waals surface area contributed by atoms with E-state index in [-0.39, 0.29) is 5.91 Å². The maximum absolute atomic E-state index is 12.5. The van der Waals surface area contributed by atoms with Crippen molar-refractivity contribution in [3.63, 3.8) is 0 Å². The first-order valence-corrected chi connectivity index (χ1v) is 9.06. The fourth-order valence-electron chi connectivity index (χ4n) is 2.27. The molecule has 5 nitrogen and oxygen atoms in total. The highest BCUT2D eigenvalue weighted by atomic mass is 127. The highest BCUT2D eigenvalue weighted by molar-refractivity contribution is 14.1. The number of benzene rings is 2. The van der Waals surface area contributed by atoms with E-state index in [1.807, 2.05) is 24.3 Å². The average Bonchev–Trinajstić information content (AvgIpc) is 3.02. The summed E-state index contributed by atoms with van der Waals surface area (Å²) in [4.78, 5) is 17.0. The van der Waals surface area contributed by atoms with Gasteiger partial charge in [0.15, 0.2) is 11.5 Å². The molecule has 1 heterocycles. The molecule has 1 aromatic heterocycles. The van der Waals surface area contributed by atoms with Gasteiger partial charge in [0.25, 0.3) is 5.91 Å². The van der Waals surface area contributed by atoms with E-state index in [0.29, 0.717) is 23.6 Å². The van der Waals surface area contributed by atoms with Crippen LogP contribution in [0.5, 0.6) is 11.5 Å². The Hall–Kier alpha value is -1.87. The van der Waals surface area contributed by atoms with E-state index in [2.05, 4.69) is 32.9 Å². The van der Waals surface area contributed by atoms with Crippen molar-refractivity contribution >= 4 is 50.1 Å². The topological polar surface area (TPSA) is 60.5 Å². The van der Waals surface area contributed by atoms with Crippen molar-refractivity contribution in [2.45, 2.75) is 6.54 Å². The molecule has 0 saturated heterocycles. The summed E-state index contributed by atoms with van der Waals surface area (Å²) in [6, 6.07) is 11.4. The highest BCUT2D eigenvalue weighted by Gasteiger charge is 2.16. The molecular formula is C17H15IN2O3S. The lowest BCUT2D eigenvalue weighted by Gasteiger charge is -2.11. The van der Waals surface area contributed by atoms with E-state index < -0.39 is 0 Å². The van der Waals surface area contributed by atoms with Gasteiger partial charge in [-0.05, 0) is 46.9 Å². The fraction of sp³-hybridized carbons (Fsp3) is 0.176. The van der Waals surface area contributed by atoms with Crippen molar-refractivity contribution in [3.8, 4) is 11.5 Å². The maximum Gasteiger partial charge on any atom is 0.252 e. The Bertz CT molecular complexity index is 862. The molecule has 3 rings (SSSR count). The number of ether oxygens (including phenoxy) is 2. The number of thiazole rings is 1. The molecule has 7 heteroatoms. The number of carbonyl (C=O) groups is 1. The number of nitrogens with one attached hydrogen (secondary N) is 1. The lowest BCUT2D eigenvalue weighted by molar-refractivity contribution is 0.0949. The Balaban J connectivity index is 1.77. The summed E-state index contributed by atoms with van der Waals surface area (Å²) in [5.74, 6) is 0.965. The first kappa shape index (κ1) is 17.0. The van der Waals surface area contributed by atoms with E-state index in [0.717, 1.165) is 18.8 Å². The number of hydrogen-bond donors (Lipinski definition) is 1. The van der Waals surface area contributed by atoms with E-state index in [1.54, 1.807) is 37.7 Å². The SMILES string of the molecule is COc1cc(I)c(C(=O)NCc2nc3ccccc3s2)cc1OC. The van der Waals surface area contributed by atoms with E-state index in [4.69, 9.17) is 9.47 Å². The minimum atomic E-state index is -0.167. The van der Waals surface area contributed by atoms with Crippen LogP contribution in [0.1, 0.15) is 15.4 Å². The molecule has 0 aliphatic heterocycles. The highest BCUT2D eigenvalue weighted by Crippen LogP contribution is 2.31. The van der Waals surface area contributed by atoms with Gasteiger partial charge in [0.05, 0.1) is 36.5 Å². The van der Waals surface area contributed by atoms with Crippen molar-refractivity contribution in [2.24, 2.45) is 0 Å². The van der Waals surface area contributed by atoms with Crippen LogP contribution in [0, 0.1) is 3.57 Å². The van der Waals surface area contributed by atoms with Crippen LogP contribution in [0.4, 0.5) is 0 Å². The van der Waals surface area contributed by atoms with Crippen LogP contribution in [-0.2, 0) is 6.54 Å². The van der Waals surface area contributed by atoms with E-state index >= 15 is 0 Å². The second-order valence-electron chi connectivity index (χ2n) is 4.95. The summed E-state index contributed by atoms with van der Waals surface area (Å²) in [6.45, 7) is 0.391. The third-order valence-corrected chi connectivity index (χ3v) is 5.39. The van der Waals surface area contributed by atoms with Gasteiger partial charge in [-0.3, -0.25) is 4.79 Å². The minimum absolute atomic E-state index is 0.167. The van der Waals surface area contributed by atoms with Gasteiger partial charge in [-0.2, -0.15) is 0 Å². The van der Waals surface area contributed by atoms with Gasteiger partial charge in [0.2, 0.25) is 0 Å². The lowest BCUT2D eigenvalue weighted by atomic mass is 10.2. The van der Waals surface area contributed by atoms with Gasteiger partial charge in [0, 0.05) is 3.57 Å². The molecule has 0 atom stereocenters. The second kappa shape index (κ2) is 7.35. The predicted molar refractivity (Wildman–Crippen MR) is 103 cm³/mol. The molecule has 0 radical (unpaired) electrons. The summed E-state index contributed by atoms with van der Waals surface area (Å²) >= 11 is 3.69. The Kier molecular flexibility index (Phi) is 5.20. The first-order valence-electron chi connectivity index (χ1n) is 7.16. The van der Waals surface area contributed by atoms with Gasteiger partial charge >= 0.3 is 0 Å². The molecule has 0 aliphatic carbocycles. The van der Waals surface area contributed by atoms with Gasteiger partial charge in [-0.25, -0.2) is 4.98 Å². The summed E-state index contributed by atoms with van der Waals surface area (Å²) in [7, 11) is 3.12. The number of amides is 1. The second-order valence-corrected chi connectivity index (χ2v) is 7.22. The Morgan fingerprint density at radius 2 is 1.92 bits per heavy atom. The molecule has 0 saturated carbocycles. The summed E-state index contributed by atoms with van der Waals surface area (Å²) in [6.07, 6.45) is 0. The van der Waals surface area contributed by atoms with E-state index in [1.165, 1.54) is 0 Å². The fourth-order valence-corrected chi connectivity index (χ4v) is 3.87. The lowest BCUT2D eigenvalue weighted by Crippen LogP contribution is -2.23. The molecule has 0 spiro atoms. The van der Waals surface area contributed by atoms with Crippen LogP contribution in [-0.4, -0.2) is 25.1 Å². The zero-order valence-electron chi connectivity index (χ0n) is 13.1. The summed E-state index contributed by atoms with van der Waals surface area (Å²) < 4.78 is 12.4. The minimum Gasteiger partial charge on any atom is -0.493 e. The number of methoxy groups -OCH3 is 2. The third kappa shape index (κ3) is 3.46. The summed E-state index contributed by atoms with van der Waals surface area (Å²) in [5.41, 5.74) is 1.50. The van der Waals surface area contributed by atoms with Crippen molar-refractivity contribution in [1.29, 1.82) is 0 Å². The molecule has 0 aliphatic rings. The number of nitrogens with zero attached hydrogens (tertiary/aromatic N) is 1. The predicted octanol–water partition coefficient (Wildman–Crippen LogP) is 3.85. The van der Waals surface area contributed by atoms with Crippen molar-refractivity contribution in [2.75, 3.05) is 14.2 Å². The molecule has 2 aromatic carbocycles. The molecule has 24 heavy (non-hydrogen) atoms. The maximum atomic E-state index is 12.5. The molecule has 0 fully saturated rings. The van der Waals surface area contributed by atoms with E-state index in [9.17, 15) is 4.79 Å². The number of aromatic nitrogens is 1. The Morgan fingerprint density at radius 3 is 2.62 bits per heavy atom. The zero-order valence-corrected chi connectivity index (χ0v) is 16.1. The molecule has 3 aromatic rings. The number of carbonyl (C=O) groups excluding carboxylic acids is 1. The number of hydrogen-bond acceptors (Lipinski definition) is 5. The van der Waals surface area contributed by atoms with Gasteiger partial charge < -0.3 is 14.8 Å². The molecule has 1 N–H and O–H groups in total. The van der Waals surface area contributed by atoms with Crippen LogP contribution < -0.4 is 14.8 Å². The van der Waals surface area contributed by atoms with Gasteiger partial charge in [0.1, 0.15) is 5.01 Å². The number of halogens is 1.